The van der Waals surface area contributed by atoms with Gasteiger partial charge in [-0.05, 0) is 65.7 Å². The molecule has 0 aliphatic carbocycles. The van der Waals surface area contributed by atoms with E-state index in [1.54, 1.807) is 0 Å². The van der Waals surface area contributed by atoms with Gasteiger partial charge in [0.15, 0.2) is 17.5 Å². The lowest BCUT2D eigenvalue weighted by Gasteiger charge is -2.17. The highest BCUT2D eigenvalue weighted by molar-refractivity contribution is 6.12. The second-order valence-corrected chi connectivity index (χ2v) is 14.8. The van der Waals surface area contributed by atoms with Crippen molar-refractivity contribution in [3.05, 3.63) is 200 Å². The summed E-state index contributed by atoms with van der Waals surface area (Å²) in [4.78, 5) is 15.2. The molecule has 0 atom stereocenters. The van der Waals surface area contributed by atoms with Gasteiger partial charge in [-0.1, -0.05) is 140 Å². The van der Waals surface area contributed by atoms with E-state index in [0.717, 1.165) is 78.6 Å². The van der Waals surface area contributed by atoms with Crippen LogP contribution in [0.3, 0.4) is 0 Å². The number of rotatable bonds is 6. The lowest BCUT2D eigenvalue weighted by Crippen LogP contribution is -2.05. The summed E-state index contributed by atoms with van der Waals surface area (Å²) in [6.07, 6.45) is -4.45. The van der Waals surface area contributed by atoms with E-state index in [4.69, 9.17) is 15.0 Å². The molecule has 0 unspecified atom stereocenters. The monoisotopic (exact) mass is 783 g/mol. The number of benzene rings is 8. The number of hydrogen-bond acceptors (Lipinski definition) is 3. The van der Waals surface area contributed by atoms with Gasteiger partial charge in [-0.3, -0.25) is 0 Å². The molecule has 0 saturated heterocycles. The Balaban J connectivity index is 1.21. The summed E-state index contributed by atoms with van der Waals surface area (Å²) in [6, 6.07) is 62.6. The molecule has 0 radical (unpaired) electrons. The minimum atomic E-state index is -4.45. The summed E-state index contributed by atoms with van der Waals surface area (Å²) in [7, 11) is 0. The van der Waals surface area contributed by atoms with Crippen LogP contribution in [0.4, 0.5) is 13.2 Å². The second kappa shape index (κ2) is 13.9. The number of halogens is 3. The van der Waals surface area contributed by atoms with Gasteiger partial charge in [0.05, 0.1) is 33.3 Å². The predicted octanol–water partition coefficient (Wildman–Crippen LogP) is 13.8. The van der Waals surface area contributed by atoms with Crippen molar-refractivity contribution < 1.29 is 13.2 Å². The molecule has 0 bridgehead atoms. The van der Waals surface area contributed by atoms with Crippen LogP contribution in [0.5, 0.6) is 0 Å². The molecule has 0 aliphatic heterocycles. The Morgan fingerprint density at radius 1 is 0.350 bits per heavy atom. The van der Waals surface area contributed by atoms with Crippen molar-refractivity contribution in [2.45, 2.75) is 6.18 Å². The molecule has 286 valence electrons. The van der Waals surface area contributed by atoms with E-state index >= 15 is 0 Å². The molecule has 0 N–H and O–H groups in total. The molecule has 0 spiro atoms. The Labute approximate surface area is 342 Å². The quantitative estimate of drug-likeness (QED) is 0.169. The molecule has 8 heteroatoms. The van der Waals surface area contributed by atoms with E-state index in [1.807, 2.05) is 91.0 Å². The Morgan fingerprint density at radius 2 is 0.817 bits per heavy atom. The minimum Gasteiger partial charge on any atom is -0.309 e. The highest BCUT2D eigenvalue weighted by atomic mass is 19.4. The third kappa shape index (κ3) is 5.91. The normalized spacial score (nSPS) is 11.9. The van der Waals surface area contributed by atoms with Crippen LogP contribution < -0.4 is 0 Å². The number of alkyl halides is 3. The van der Waals surface area contributed by atoms with Gasteiger partial charge < -0.3 is 9.13 Å². The van der Waals surface area contributed by atoms with Crippen LogP contribution in [-0.4, -0.2) is 24.1 Å². The fourth-order valence-electron chi connectivity index (χ4n) is 8.42. The molecular formula is C52H32F3N5. The highest BCUT2D eigenvalue weighted by Crippen LogP contribution is 2.41. The van der Waals surface area contributed by atoms with Crippen LogP contribution >= 0.6 is 0 Å². The molecule has 11 aromatic rings. The predicted molar refractivity (Wildman–Crippen MR) is 235 cm³/mol. The SMILES string of the molecule is FC(F)(F)c1ccc(-c2ccc(-c3nc(-c4ccccc4)nc(-c4ccccc4)n3)c(-n3c4ccccc4c4ccc(-n5c6ccccc6c6ccccc65)cc43)c2)cc1. The number of para-hydroxylation sites is 3. The molecule has 0 fully saturated rings. The molecule has 3 heterocycles. The van der Waals surface area contributed by atoms with Gasteiger partial charge in [0, 0.05) is 43.9 Å². The Kier molecular flexibility index (Phi) is 8.20. The first-order valence-corrected chi connectivity index (χ1v) is 19.6. The largest absolute Gasteiger partial charge is 0.416 e. The van der Waals surface area contributed by atoms with Gasteiger partial charge in [-0.25, -0.2) is 15.0 Å². The lowest BCUT2D eigenvalue weighted by atomic mass is 10.00. The van der Waals surface area contributed by atoms with Crippen molar-refractivity contribution in [3.8, 4) is 56.7 Å². The first-order valence-electron chi connectivity index (χ1n) is 19.6. The topological polar surface area (TPSA) is 48.5 Å². The summed E-state index contributed by atoms with van der Waals surface area (Å²) in [5.41, 5.74) is 8.95. The van der Waals surface area contributed by atoms with E-state index in [2.05, 4.69) is 88.0 Å². The molecule has 3 aromatic heterocycles. The number of hydrogen-bond donors (Lipinski definition) is 0. The standard InChI is InChI=1S/C52H32F3N5/c53-52(54,55)37-26-23-33(24-27-37)36-25-29-43(51-57-49(34-13-3-1-4-14-34)56-50(58-51)35-15-5-2-6-16-35)47(31-36)60-46-22-12-9-19-41(46)42-30-28-38(32-48(42)60)59-44-20-10-7-17-39(44)40-18-8-11-21-45(40)59/h1-32H. The van der Waals surface area contributed by atoms with E-state index < -0.39 is 11.7 Å². The fraction of sp³-hybridized carbons (Fsp3) is 0.0192. The zero-order chi connectivity index (χ0) is 40.4. The molecule has 60 heavy (non-hydrogen) atoms. The van der Waals surface area contributed by atoms with Gasteiger partial charge in [0.2, 0.25) is 0 Å². The van der Waals surface area contributed by atoms with Crippen LogP contribution in [0, 0.1) is 0 Å². The Morgan fingerprint density at radius 3 is 1.37 bits per heavy atom. The van der Waals surface area contributed by atoms with Gasteiger partial charge in [-0.15, -0.1) is 0 Å². The average molecular weight is 784 g/mol. The fourth-order valence-corrected chi connectivity index (χ4v) is 8.42. The van der Waals surface area contributed by atoms with Crippen LogP contribution in [0.25, 0.3) is 100 Å². The van der Waals surface area contributed by atoms with Crippen molar-refractivity contribution in [2.24, 2.45) is 0 Å². The third-order valence-corrected chi connectivity index (χ3v) is 11.2. The summed E-state index contributed by atoms with van der Waals surface area (Å²) in [6.45, 7) is 0. The summed E-state index contributed by atoms with van der Waals surface area (Å²) in [5, 5.41) is 4.43. The second-order valence-electron chi connectivity index (χ2n) is 14.8. The van der Waals surface area contributed by atoms with E-state index in [9.17, 15) is 13.2 Å². The molecule has 0 saturated carbocycles. The Hall–Kier alpha value is -7.84. The zero-order valence-electron chi connectivity index (χ0n) is 31.8. The van der Waals surface area contributed by atoms with Gasteiger partial charge in [0.25, 0.3) is 0 Å². The smallest absolute Gasteiger partial charge is 0.309 e. The number of aromatic nitrogens is 5. The van der Waals surface area contributed by atoms with E-state index in [0.29, 0.717) is 23.0 Å². The molecule has 0 aliphatic rings. The van der Waals surface area contributed by atoms with E-state index in [-0.39, 0.29) is 0 Å². The molecular weight excluding hydrogens is 752 g/mol. The highest BCUT2D eigenvalue weighted by Gasteiger charge is 2.30. The average Bonchev–Trinajstić information content (AvgIpc) is 3.81. The maximum Gasteiger partial charge on any atom is 0.416 e. The van der Waals surface area contributed by atoms with E-state index in [1.165, 1.54) is 22.9 Å². The van der Waals surface area contributed by atoms with Crippen LogP contribution in [0.1, 0.15) is 5.56 Å². The first kappa shape index (κ1) is 35.3. The summed E-state index contributed by atoms with van der Waals surface area (Å²) < 4.78 is 45.6. The number of fused-ring (bicyclic) bond motifs is 6. The van der Waals surface area contributed by atoms with Gasteiger partial charge in [0.1, 0.15) is 0 Å². The van der Waals surface area contributed by atoms with Crippen molar-refractivity contribution in [3.63, 3.8) is 0 Å². The molecule has 8 aromatic carbocycles. The Bertz CT molecular complexity index is 3290. The summed E-state index contributed by atoms with van der Waals surface area (Å²) >= 11 is 0. The summed E-state index contributed by atoms with van der Waals surface area (Å²) in [5.74, 6) is 1.50. The molecule has 0 amide bonds. The molecule has 11 rings (SSSR count). The molecule has 5 nitrogen and oxygen atoms in total. The van der Waals surface area contributed by atoms with Crippen LogP contribution in [0.2, 0.25) is 0 Å². The van der Waals surface area contributed by atoms with Crippen molar-refractivity contribution >= 4 is 43.6 Å². The van der Waals surface area contributed by atoms with Crippen LogP contribution in [-0.2, 0) is 6.18 Å². The third-order valence-electron chi connectivity index (χ3n) is 11.2. The number of nitrogens with zero attached hydrogens (tertiary/aromatic N) is 5. The van der Waals surface area contributed by atoms with Crippen LogP contribution in [0.15, 0.2) is 194 Å². The maximum atomic E-state index is 13.7. The van der Waals surface area contributed by atoms with Crippen molar-refractivity contribution in [1.29, 1.82) is 0 Å². The lowest BCUT2D eigenvalue weighted by molar-refractivity contribution is -0.137. The minimum absolute atomic E-state index is 0.459. The van der Waals surface area contributed by atoms with Gasteiger partial charge >= 0.3 is 6.18 Å². The van der Waals surface area contributed by atoms with Crippen molar-refractivity contribution in [1.82, 2.24) is 24.1 Å². The first-order chi connectivity index (χ1) is 29.4. The zero-order valence-corrected chi connectivity index (χ0v) is 31.8. The van der Waals surface area contributed by atoms with Gasteiger partial charge in [-0.2, -0.15) is 13.2 Å². The van der Waals surface area contributed by atoms with Crippen molar-refractivity contribution in [2.75, 3.05) is 0 Å². The maximum absolute atomic E-state index is 13.7.